The molecule has 22 heavy (non-hydrogen) atoms. The summed E-state index contributed by atoms with van der Waals surface area (Å²) in [6.45, 7) is 13.4. The van der Waals surface area contributed by atoms with Gasteiger partial charge in [0.2, 0.25) is 0 Å². The molecule has 0 aromatic heterocycles. The lowest BCUT2D eigenvalue weighted by molar-refractivity contribution is -0.929. The Kier molecular flexibility index (Phi) is 11.2. The van der Waals surface area contributed by atoms with Gasteiger partial charge in [-0.25, -0.2) is 0 Å². The molecule has 0 spiro atoms. The Morgan fingerprint density at radius 1 is 0.682 bits per heavy atom. The number of epoxide rings is 1. The van der Waals surface area contributed by atoms with Crippen LogP contribution in [0.3, 0.4) is 0 Å². The first kappa shape index (κ1) is 20.0. The molecule has 0 saturated carbocycles. The monoisotopic (exact) mass is 312 g/mol. The molecule has 0 N–H and O–H groups in total. The molecule has 1 fully saturated rings. The molecule has 1 saturated heterocycles. The second-order valence-corrected chi connectivity index (χ2v) is 7.48. The molecule has 132 valence electrons. The van der Waals surface area contributed by atoms with Gasteiger partial charge in [0, 0.05) is 0 Å². The van der Waals surface area contributed by atoms with Crippen LogP contribution in [-0.4, -0.2) is 43.4 Å². The maximum atomic E-state index is 5.58. The molecule has 0 aromatic carbocycles. The molecule has 1 aliphatic heterocycles. The molecule has 2 heteroatoms. The average molecular weight is 313 g/mol. The summed E-state index contributed by atoms with van der Waals surface area (Å²) in [5.41, 5.74) is 0. The van der Waals surface area contributed by atoms with Crippen LogP contribution < -0.4 is 0 Å². The first-order valence-corrected chi connectivity index (χ1v) is 10.2. The molecule has 1 rings (SSSR count). The summed E-state index contributed by atoms with van der Waals surface area (Å²) in [5, 5.41) is 0. The quantitative estimate of drug-likeness (QED) is 0.207. The summed E-state index contributed by atoms with van der Waals surface area (Å²) in [6, 6.07) is 0. The van der Waals surface area contributed by atoms with E-state index in [4.69, 9.17) is 4.74 Å². The normalized spacial score (nSPS) is 17.9. The van der Waals surface area contributed by atoms with Gasteiger partial charge in [-0.2, -0.15) is 0 Å². The van der Waals surface area contributed by atoms with E-state index >= 15 is 0 Å². The van der Waals surface area contributed by atoms with Crippen LogP contribution in [0.15, 0.2) is 0 Å². The SMILES string of the molecule is CCCCCCCCC[N+](CCCC)(CCCC)CC1CO1. The van der Waals surface area contributed by atoms with Crippen LogP contribution >= 0.6 is 0 Å². The van der Waals surface area contributed by atoms with E-state index in [9.17, 15) is 0 Å². The Hall–Kier alpha value is -0.0800. The van der Waals surface area contributed by atoms with Gasteiger partial charge in [-0.1, -0.05) is 65.7 Å². The molecule has 1 atom stereocenters. The minimum Gasteiger partial charge on any atom is -0.367 e. The lowest BCUT2D eigenvalue weighted by Crippen LogP contribution is -2.52. The van der Waals surface area contributed by atoms with Crippen LogP contribution in [0.1, 0.15) is 91.4 Å². The topological polar surface area (TPSA) is 12.5 Å². The van der Waals surface area contributed by atoms with E-state index in [1.165, 1.54) is 101 Å². The van der Waals surface area contributed by atoms with Gasteiger partial charge in [0.1, 0.15) is 12.6 Å². The predicted octanol–water partition coefficient (Wildman–Crippen LogP) is 5.55. The second kappa shape index (κ2) is 12.4. The van der Waals surface area contributed by atoms with Crippen LogP contribution in [-0.2, 0) is 4.74 Å². The van der Waals surface area contributed by atoms with Crippen LogP contribution in [0, 0.1) is 0 Å². The molecule has 0 aliphatic carbocycles. The number of hydrogen-bond acceptors (Lipinski definition) is 1. The van der Waals surface area contributed by atoms with Crippen LogP contribution in [0.2, 0.25) is 0 Å². The number of unbranched alkanes of at least 4 members (excludes halogenated alkanes) is 8. The van der Waals surface area contributed by atoms with Crippen LogP contribution in [0.25, 0.3) is 0 Å². The van der Waals surface area contributed by atoms with Crippen molar-refractivity contribution in [3.05, 3.63) is 0 Å². The zero-order valence-electron chi connectivity index (χ0n) is 15.7. The lowest BCUT2D eigenvalue weighted by atomic mass is 10.1. The zero-order chi connectivity index (χ0) is 16.1. The summed E-state index contributed by atoms with van der Waals surface area (Å²) in [4.78, 5) is 0. The fraction of sp³-hybridized carbons (Fsp3) is 1.00. The molecule has 0 amide bonds. The highest BCUT2D eigenvalue weighted by molar-refractivity contribution is 4.69. The van der Waals surface area contributed by atoms with Gasteiger partial charge < -0.3 is 9.22 Å². The Morgan fingerprint density at radius 2 is 1.14 bits per heavy atom. The number of quaternary nitrogens is 1. The summed E-state index contributed by atoms with van der Waals surface area (Å²) in [5.74, 6) is 0. The maximum Gasteiger partial charge on any atom is 0.130 e. The van der Waals surface area contributed by atoms with Gasteiger partial charge in [-0.3, -0.25) is 0 Å². The molecular weight excluding hydrogens is 270 g/mol. The third kappa shape index (κ3) is 9.15. The van der Waals surface area contributed by atoms with Gasteiger partial charge >= 0.3 is 0 Å². The van der Waals surface area contributed by atoms with E-state index in [2.05, 4.69) is 20.8 Å². The van der Waals surface area contributed by atoms with E-state index in [0.717, 1.165) is 6.61 Å². The summed E-state index contributed by atoms with van der Waals surface area (Å²) in [7, 11) is 0. The number of rotatable bonds is 16. The van der Waals surface area contributed by atoms with E-state index < -0.39 is 0 Å². The summed E-state index contributed by atoms with van der Waals surface area (Å²) in [6.07, 6.45) is 16.0. The van der Waals surface area contributed by atoms with Crippen molar-refractivity contribution in [2.24, 2.45) is 0 Å². The second-order valence-electron chi connectivity index (χ2n) is 7.48. The zero-order valence-corrected chi connectivity index (χ0v) is 15.7. The highest BCUT2D eigenvalue weighted by atomic mass is 16.6. The summed E-state index contributed by atoms with van der Waals surface area (Å²) < 4.78 is 6.93. The predicted molar refractivity (Wildman–Crippen MR) is 97.3 cm³/mol. The number of nitrogens with zero attached hydrogens (tertiary/aromatic N) is 1. The maximum absolute atomic E-state index is 5.58. The minimum absolute atomic E-state index is 0.582. The van der Waals surface area contributed by atoms with Gasteiger partial charge in [-0.15, -0.1) is 0 Å². The van der Waals surface area contributed by atoms with Gasteiger partial charge in [0.05, 0.1) is 26.2 Å². The highest BCUT2D eigenvalue weighted by Gasteiger charge is 2.35. The van der Waals surface area contributed by atoms with E-state index in [0.29, 0.717) is 6.10 Å². The molecule has 1 aliphatic rings. The fourth-order valence-corrected chi connectivity index (χ4v) is 3.61. The largest absolute Gasteiger partial charge is 0.367 e. The molecule has 0 aromatic rings. The number of hydrogen-bond donors (Lipinski definition) is 0. The van der Waals surface area contributed by atoms with Gasteiger partial charge in [0.25, 0.3) is 0 Å². The van der Waals surface area contributed by atoms with Gasteiger partial charge in [-0.05, 0) is 25.7 Å². The summed E-state index contributed by atoms with van der Waals surface area (Å²) >= 11 is 0. The van der Waals surface area contributed by atoms with Crippen molar-refractivity contribution in [3.8, 4) is 0 Å². The van der Waals surface area contributed by atoms with E-state index in [-0.39, 0.29) is 0 Å². The standard InChI is InChI=1S/C20H42NO/c1-4-7-10-11-12-13-14-17-21(15-8-5-2,16-9-6-3)18-20-19-22-20/h20H,4-19H2,1-3H3/q+1. The Morgan fingerprint density at radius 3 is 1.64 bits per heavy atom. The van der Waals surface area contributed by atoms with Crippen molar-refractivity contribution in [2.45, 2.75) is 97.5 Å². The molecular formula is C20H42NO+. The van der Waals surface area contributed by atoms with E-state index in [1.807, 2.05) is 0 Å². The smallest absolute Gasteiger partial charge is 0.130 e. The van der Waals surface area contributed by atoms with Crippen molar-refractivity contribution >= 4 is 0 Å². The Labute approximate surface area is 140 Å². The van der Waals surface area contributed by atoms with Crippen LogP contribution in [0.5, 0.6) is 0 Å². The number of ether oxygens (including phenoxy) is 1. The van der Waals surface area contributed by atoms with Crippen molar-refractivity contribution < 1.29 is 9.22 Å². The molecule has 1 heterocycles. The average Bonchev–Trinajstić information content (AvgIpc) is 3.34. The third-order valence-electron chi connectivity index (χ3n) is 5.20. The minimum atomic E-state index is 0.582. The van der Waals surface area contributed by atoms with Crippen LogP contribution in [0.4, 0.5) is 0 Å². The van der Waals surface area contributed by atoms with E-state index in [1.54, 1.807) is 0 Å². The molecule has 2 nitrogen and oxygen atoms in total. The lowest BCUT2D eigenvalue weighted by Gasteiger charge is -2.39. The molecule has 1 unspecified atom stereocenters. The first-order valence-electron chi connectivity index (χ1n) is 10.2. The fourth-order valence-electron chi connectivity index (χ4n) is 3.61. The van der Waals surface area contributed by atoms with Crippen molar-refractivity contribution in [2.75, 3.05) is 32.8 Å². The van der Waals surface area contributed by atoms with Crippen molar-refractivity contribution in [1.29, 1.82) is 0 Å². The Bertz CT molecular complexity index is 242. The first-order chi connectivity index (χ1) is 10.8. The molecule has 0 bridgehead atoms. The third-order valence-corrected chi connectivity index (χ3v) is 5.20. The van der Waals surface area contributed by atoms with Crippen molar-refractivity contribution in [1.82, 2.24) is 0 Å². The Balaban J connectivity index is 2.33. The highest BCUT2D eigenvalue weighted by Crippen LogP contribution is 2.22. The van der Waals surface area contributed by atoms with Gasteiger partial charge in [0.15, 0.2) is 0 Å². The molecule has 0 radical (unpaired) electrons. The van der Waals surface area contributed by atoms with Crippen molar-refractivity contribution in [3.63, 3.8) is 0 Å².